The fourth-order valence-corrected chi connectivity index (χ4v) is 1.24. The Morgan fingerprint density at radius 1 is 1.58 bits per heavy atom. The number of aromatic nitrogens is 2. The predicted octanol–water partition coefficient (Wildman–Crippen LogP) is 1.66. The van der Waals surface area contributed by atoms with Crippen LogP contribution in [0.1, 0.15) is 5.69 Å². The minimum Gasteiger partial charge on any atom is -0.399 e. The number of hydrogen-bond donors (Lipinski definition) is 1. The van der Waals surface area contributed by atoms with Gasteiger partial charge in [-0.3, -0.25) is 0 Å². The summed E-state index contributed by atoms with van der Waals surface area (Å²) < 4.78 is 1.90. The van der Waals surface area contributed by atoms with E-state index >= 15 is 0 Å². The molecule has 4 heteroatoms. The van der Waals surface area contributed by atoms with Gasteiger partial charge in [-0.2, -0.15) is 0 Å². The molecule has 0 unspecified atom stereocenters. The minimum atomic E-state index is 0.432. The largest absolute Gasteiger partial charge is 0.399 e. The second-order valence-electron chi connectivity index (χ2n) is 2.59. The Labute approximate surface area is 74.8 Å². The third-order valence-corrected chi connectivity index (χ3v) is 1.94. The predicted molar refractivity (Wildman–Crippen MR) is 49.2 cm³/mol. The summed E-state index contributed by atoms with van der Waals surface area (Å²) in [5.74, 6) is 0.432. The van der Waals surface area contributed by atoms with Crippen LogP contribution in [-0.2, 0) is 5.88 Å². The summed E-state index contributed by atoms with van der Waals surface area (Å²) in [6.07, 6.45) is 3.76. The van der Waals surface area contributed by atoms with Crippen LogP contribution in [-0.4, -0.2) is 9.38 Å². The lowest BCUT2D eigenvalue weighted by Crippen LogP contribution is -1.87. The first-order chi connectivity index (χ1) is 5.79. The molecule has 12 heavy (non-hydrogen) atoms. The highest BCUT2D eigenvalue weighted by atomic mass is 35.5. The zero-order valence-corrected chi connectivity index (χ0v) is 7.12. The number of anilines is 1. The maximum atomic E-state index is 5.63. The Morgan fingerprint density at radius 3 is 3.17 bits per heavy atom. The summed E-state index contributed by atoms with van der Waals surface area (Å²) in [6, 6.07) is 3.64. The van der Waals surface area contributed by atoms with Crippen LogP contribution in [0.4, 0.5) is 5.69 Å². The van der Waals surface area contributed by atoms with E-state index in [0.717, 1.165) is 11.3 Å². The zero-order chi connectivity index (χ0) is 8.55. The molecule has 2 rings (SSSR count). The van der Waals surface area contributed by atoms with Gasteiger partial charge in [-0.1, -0.05) is 0 Å². The summed E-state index contributed by atoms with van der Waals surface area (Å²) >= 11 is 5.63. The number of pyridine rings is 1. The number of fused-ring (bicyclic) bond motifs is 1. The topological polar surface area (TPSA) is 43.3 Å². The number of nitrogens with zero attached hydrogens (tertiary/aromatic N) is 2. The van der Waals surface area contributed by atoms with Crippen molar-refractivity contribution in [2.45, 2.75) is 5.88 Å². The molecule has 2 aromatic rings. The minimum absolute atomic E-state index is 0.432. The van der Waals surface area contributed by atoms with Gasteiger partial charge in [0.15, 0.2) is 0 Å². The van der Waals surface area contributed by atoms with E-state index in [1.165, 1.54) is 0 Å². The molecule has 0 aliphatic heterocycles. The highest BCUT2D eigenvalue weighted by Crippen LogP contribution is 2.10. The molecular weight excluding hydrogens is 174 g/mol. The van der Waals surface area contributed by atoms with Crippen molar-refractivity contribution in [2.75, 3.05) is 5.73 Å². The summed E-state index contributed by atoms with van der Waals surface area (Å²) in [4.78, 5) is 4.24. The number of imidazole rings is 1. The molecule has 2 aromatic heterocycles. The molecule has 2 heterocycles. The molecule has 0 aliphatic carbocycles. The number of halogens is 1. The maximum absolute atomic E-state index is 5.63. The van der Waals surface area contributed by atoms with Crippen molar-refractivity contribution in [1.82, 2.24) is 9.38 Å². The van der Waals surface area contributed by atoms with E-state index in [1.54, 1.807) is 0 Å². The van der Waals surface area contributed by atoms with Crippen LogP contribution < -0.4 is 5.73 Å². The Hall–Kier alpha value is -1.22. The van der Waals surface area contributed by atoms with Crippen molar-refractivity contribution in [2.24, 2.45) is 0 Å². The monoisotopic (exact) mass is 181 g/mol. The van der Waals surface area contributed by atoms with E-state index in [-0.39, 0.29) is 0 Å². The van der Waals surface area contributed by atoms with E-state index in [2.05, 4.69) is 4.98 Å². The maximum Gasteiger partial charge on any atom is 0.139 e. The van der Waals surface area contributed by atoms with E-state index in [0.29, 0.717) is 11.6 Å². The lowest BCUT2D eigenvalue weighted by Gasteiger charge is -1.92. The van der Waals surface area contributed by atoms with Crippen LogP contribution in [0, 0.1) is 0 Å². The Morgan fingerprint density at radius 2 is 2.42 bits per heavy atom. The van der Waals surface area contributed by atoms with E-state index < -0.39 is 0 Å². The molecule has 62 valence electrons. The quantitative estimate of drug-likeness (QED) is 0.680. The highest BCUT2D eigenvalue weighted by molar-refractivity contribution is 6.16. The molecule has 0 aromatic carbocycles. The van der Waals surface area contributed by atoms with Crippen molar-refractivity contribution in [3.63, 3.8) is 0 Å². The lowest BCUT2D eigenvalue weighted by molar-refractivity contribution is 1.18. The van der Waals surface area contributed by atoms with Crippen molar-refractivity contribution >= 4 is 22.9 Å². The average Bonchev–Trinajstić information content (AvgIpc) is 2.46. The van der Waals surface area contributed by atoms with E-state index in [1.807, 2.05) is 28.9 Å². The molecule has 0 saturated carbocycles. The number of alkyl halides is 1. The fraction of sp³-hybridized carbons (Fsp3) is 0.125. The van der Waals surface area contributed by atoms with Gasteiger partial charge in [-0.05, 0) is 6.07 Å². The van der Waals surface area contributed by atoms with Crippen molar-refractivity contribution in [3.8, 4) is 0 Å². The van der Waals surface area contributed by atoms with Crippen molar-refractivity contribution < 1.29 is 0 Å². The van der Waals surface area contributed by atoms with Gasteiger partial charge in [0.2, 0.25) is 0 Å². The van der Waals surface area contributed by atoms with Gasteiger partial charge in [-0.25, -0.2) is 4.98 Å². The fourth-order valence-electron chi connectivity index (χ4n) is 1.11. The van der Waals surface area contributed by atoms with Crippen LogP contribution in [0.25, 0.3) is 5.65 Å². The molecular formula is C8H8ClN3. The average molecular weight is 182 g/mol. The molecule has 0 radical (unpaired) electrons. The number of nitrogens with two attached hydrogens (primary N) is 1. The molecule has 0 amide bonds. The first-order valence-corrected chi connectivity index (χ1v) is 4.12. The van der Waals surface area contributed by atoms with E-state index in [9.17, 15) is 0 Å². The second kappa shape index (κ2) is 2.68. The first-order valence-electron chi connectivity index (χ1n) is 3.58. The molecule has 0 bridgehead atoms. The van der Waals surface area contributed by atoms with Crippen LogP contribution >= 0.6 is 11.6 Å². The van der Waals surface area contributed by atoms with Crippen LogP contribution in [0.2, 0.25) is 0 Å². The Balaban J connectivity index is 2.67. The van der Waals surface area contributed by atoms with Crippen molar-refractivity contribution in [1.29, 1.82) is 0 Å². The first kappa shape index (κ1) is 7.43. The van der Waals surface area contributed by atoms with Gasteiger partial charge in [0.05, 0.1) is 11.6 Å². The van der Waals surface area contributed by atoms with E-state index in [4.69, 9.17) is 17.3 Å². The lowest BCUT2D eigenvalue weighted by atomic mass is 10.4. The molecule has 3 nitrogen and oxygen atoms in total. The Bertz CT molecular complexity index is 408. The zero-order valence-electron chi connectivity index (χ0n) is 6.37. The molecule has 0 saturated heterocycles. The van der Waals surface area contributed by atoms with Gasteiger partial charge in [0.1, 0.15) is 5.65 Å². The SMILES string of the molecule is Nc1ccn2cc(CCl)nc2c1. The summed E-state index contributed by atoms with van der Waals surface area (Å²) in [5, 5.41) is 0. The van der Waals surface area contributed by atoms with Gasteiger partial charge in [-0.15, -0.1) is 11.6 Å². The molecule has 0 fully saturated rings. The summed E-state index contributed by atoms with van der Waals surface area (Å²) in [5.41, 5.74) is 8.01. The van der Waals surface area contributed by atoms with Crippen LogP contribution in [0.15, 0.2) is 24.5 Å². The molecule has 0 atom stereocenters. The third-order valence-electron chi connectivity index (χ3n) is 1.67. The second-order valence-corrected chi connectivity index (χ2v) is 2.86. The third kappa shape index (κ3) is 1.12. The molecule has 2 N–H and O–H groups in total. The Kier molecular flexibility index (Phi) is 1.66. The normalized spacial score (nSPS) is 10.8. The standard InChI is InChI=1S/C8H8ClN3/c9-4-7-5-12-2-1-6(10)3-8(12)11-7/h1-3,5H,4,10H2. The summed E-state index contributed by atoms with van der Waals surface area (Å²) in [6.45, 7) is 0. The number of hydrogen-bond acceptors (Lipinski definition) is 2. The van der Waals surface area contributed by atoms with Gasteiger partial charge in [0.25, 0.3) is 0 Å². The van der Waals surface area contributed by atoms with Gasteiger partial charge in [0, 0.05) is 24.1 Å². The smallest absolute Gasteiger partial charge is 0.139 e. The molecule has 0 aliphatic rings. The van der Waals surface area contributed by atoms with Crippen LogP contribution in [0.5, 0.6) is 0 Å². The summed E-state index contributed by atoms with van der Waals surface area (Å²) in [7, 11) is 0. The number of rotatable bonds is 1. The highest BCUT2D eigenvalue weighted by Gasteiger charge is 1.99. The van der Waals surface area contributed by atoms with Gasteiger partial charge < -0.3 is 10.1 Å². The van der Waals surface area contributed by atoms with Crippen molar-refractivity contribution in [3.05, 3.63) is 30.2 Å². The van der Waals surface area contributed by atoms with Crippen LogP contribution in [0.3, 0.4) is 0 Å². The molecule has 0 spiro atoms. The number of nitrogen functional groups attached to an aromatic ring is 1. The van der Waals surface area contributed by atoms with Gasteiger partial charge >= 0.3 is 0 Å².